The number of carbonyl (C=O) groups excluding carboxylic acids is 2. The van der Waals surface area contributed by atoms with Crippen molar-refractivity contribution in [2.75, 3.05) is 6.54 Å². The van der Waals surface area contributed by atoms with Crippen LogP contribution in [0.2, 0.25) is 0 Å². The molecule has 2 amide bonds. The number of hydrogen-bond acceptors (Lipinski definition) is 2. The van der Waals surface area contributed by atoms with Crippen LogP contribution in [0, 0.1) is 13.8 Å². The van der Waals surface area contributed by atoms with E-state index in [2.05, 4.69) is 18.3 Å². The van der Waals surface area contributed by atoms with E-state index in [-0.39, 0.29) is 11.8 Å². The summed E-state index contributed by atoms with van der Waals surface area (Å²) in [5.41, 5.74) is 4.37. The Balaban J connectivity index is 2.19. The number of rotatable bonds is 8. The molecule has 0 aliphatic rings. The van der Waals surface area contributed by atoms with Crippen molar-refractivity contribution in [2.24, 2.45) is 0 Å². The minimum absolute atomic E-state index is 0.0405. The van der Waals surface area contributed by atoms with Gasteiger partial charge in [-0.25, -0.2) is 0 Å². The molecular weight excluding hydrogens is 336 g/mol. The zero-order valence-corrected chi connectivity index (χ0v) is 16.8. The molecule has 2 aromatic rings. The molecule has 0 heterocycles. The lowest BCUT2D eigenvalue weighted by Crippen LogP contribution is -2.48. The molecule has 1 N–H and O–H groups in total. The molecule has 0 spiro atoms. The fraction of sp³-hybridized carbons (Fsp3) is 0.391. The summed E-state index contributed by atoms with van der Waals surface area (Å²) in [6.45, 7) is 8.96. The summed E-state index contributed by atoms with van der Waals surface area (Å²) >= 11 is 0. The Morgan fingerprint density at radius 3 is 2.33 bits per heavy atom. The maximum absolute atomic E-state index is 13.1. The molecule has 0 fully saturated rings. The SMILES string of the molecule is CCCNC(=O)[C@@H](C)N(Cc1ccccc1)C(=O)Cc1ccc(C)c(C)c1. The molecule has 0 bridgehead atoms. The van der Waals surface area contributed by atoms with Crippen molar-refractivity contribution in [2.45, 2.75) is 53.1 Å². The van der Waals surface area contributed by atoms with Gasteiger partial charge < -0.3 is 10.2 Å². The predicted octanol–water partition coefficient (Wildman–Crippen LogP) is 3.79. The summed E-state index contributed by atoms with van der Waals surface area (Å²) in [4.78, 5) is 27.2. The van der Waals surface area contributed by atoms with E-state index in [9.17, 15) is 9.59 Å². The van der Waals surface area contributed by atoms with Crippen molar-refractivity contribution in [3.63, 3.8) is 0 Å². The van der Waals surface area contributed by atoms with Crippen LogP contribution in [0.5, 0.6) is 0 Å². The highest BCUT2D eigenvalue weighted by Crippen LogP contribution is 2.15. The van der Waals surface area contributed by atoms with Crippen LogP contribution in [0.3, 0.4) is 0 Å². The summed E-state index contributed by atoms with van der Waals surface area (Å²) in [5.74, 6) is -0.150. The molecule has 27 heavy (non-hydrogen) atoms. The van der Waals surface area contributed by atoms with Crippen LogP contribution in [-0.4, -0.2) is 29.3 Å². The number of nitrogens with one attached hydrogen (secondary N) is 1. The second-order valence-electron chi connectivity index (χ2n) is 7.07. The van der Waals surface area contributed by atoms with Crippen molar-refractivity contribution >= 4 is 11.8 Å². The van der Waals surface area contributed by atoms with Crippen molar-refractivity contribution in [3.05, 3.63) is 70.8 Å². The highest BCUT2D eigenvalue weighted by molar-refractivity contribution is 5.88. The van der Waals surface area contributed by atoms with Crippen LogP contribution in [0.4, 0.5) is 0 Å². The van der Waals surface area contributed by atoms with Gasteiger partial charge in [0, 0.05) is 13.1 Å². The van der Waals surface area contributed by atoms with Gasteiger partial charge in [0.05, 0.1) is 6.42 Å². The average molecular weight is 367 g/mol. The second kappa shape index (κ2) is 9.91. The summed E-state index contributed by atoms with van der Waals surface area (Å²) in [6.07, 6.45) is 1.16. The molecule has 2 rings (SSSR count). The molecule has 144 valence electrons. The Morgan fingerprint density at radius 2 is 1.70 bits per heavy atom. The Morgan fingerprint density at radius 1 is 1.00 bits per heavy atom. The van der Waals surface area contributed by atoms with Gasteiger partial charge in [-0.3, -0.25) is 9.59 Å². The number of hydrogen-bond donors (Lipinski definition) is 1. The minimum atomic E-state index is -0.518. The molecule has 4 heteroatoms. The molecule has 1 atom stereocenters. The lowest BCUT2D eigenvalue weighted by Gasteiger charge is -2.29. The molecule has 0 aromatic heterocycles. The van der Waals surface area contributed by atoms with Gasteiger partial charge in [-0.15, -0.1) is 0 Å². The number of nitrogens with zero attached hydrogens (tertiary/aromatic N) is 1. The van der Waals surface area contributed by atoms with Crippen LogP contribution in [0.1, 0.15) is 42.5 Å². The largest absolute Gasteiger partial charge is 0.354 e. The van der Waals surface area contributed by atoms with Crippen LogP contribution in [0.25, 0.3) is 0 Å². The Hall–Kier alpha value is -2.62. The van der Waals surface area contributed by atoms with E-state index >= 15 is 0 Å². The number of aryl methyl sites for hydroxylation is 2. The zero-order valence-electron chi connectivity index (χ0n) is 16.8. The molecular formula is C23H30N2O2. The fourth-order valence-corrected chi connectivity index (χ4v) is 2.95. The highest BCUT2D eigenvalue weighted by Gasteiger charge is 2.26. The van der Waals surface area contributed by atoms with Crippen molar-refractivity contribution < 1.29 is 9.59 Å². The van der Waals surface area contributed by atoms with Gasteiger partial charge in [0.2, 0.25) is 11.8 Å². The first-order chi connectivity index (χ1) is 12.9. The zero-order chi connectivity index (χ0) is 19.8. The molecule has 0 radical (unpaired) electrons. The first-order valence-corrected chi connectivity index (χ1v) is 9.59. The van der Waals surface area contributed by atoms with E-state index in [1.165, 1.54) is 11.1 Å². The fourth-order valence-electron chi connectivity index (χ4n) is 2.95. The smallest absolute Gasteiger partial charge is 0.242 e. The normalized spacial score (nSPS) is 11.7. The van der Waals surface area contributed by atoms with E-state index in [0.717, 1.165) is 17.5 Å². The van der Waals surface area contributed by atoms with Gasteiger partial charge >= 0.3 is 0 Å². The van der Waals surface area contributed by atoms with Gasteiger partial charge in [-0.05, 0) is 49.4 Å². The molecule has 0 saturated heterocycles. The van der Waals surface area contributed by atoms with Crippen LogP contribution in [-0.2, 0) is 22.6 Å². The third-order valence-electron chi connectivity index (χ3n) is 4.84. The summed E-state index contributed by atoms with van der Waals surface area (Å²) < 4.78 is 0. The average Bonchev–Trinajstić information content (AvgIpc) is 2.67. The van der Waals surface area contributed by atoms with Crippen LogP contribution in [0.15, 0.2) is 48.5 Å². The minimum Gasteiger partial charge on any atom is -0.354 e. The molecule has 0 saturated carbocycles. The van der Waals surface area contributed by atoms with Gasteiger partial charge in [0.25, 0.3) is 0 Å². The van der Waals surface area contributed by atoms with E-state index < -0.39 is 6.04 Å². The van der Waals surface area contributed by atoms with E-state index in [1.807, 2.05) is 56.3 Å². The van der Waals surface area contributed by atoms with Crippen molar-refractivity contribution in [1.82, 2.24) is 10.2 Å². The Bertz CT molecular complexity index is 771. The highest BCUT2D eigenvalue weighted by atomic mass is 16.2. The second-order valence-corrected chi connectivity index (χ2v) is 7.07. The standard InChI is InChI=1S/C23H30N2O2/c1-5-13-24-23(27)19(4)25(16-20-9-7-6-8-10-20)22(26)15-21-12-11-17(2)18(3)14-21/h6-12,14,19H,5,13,15-16H2,1-4H3,(H,24,27)/t19-/m1/s1. The van der Waals surface area contributed by atoms with E-state index in [1.54, 1.807) is 11.8 Å². The van der Waals surface area contributed by atoms with Crippen molar-refractivity contribution in [1.29, 1.82) is 0 Å². The van der Waals surface area contributed by atoms with Crippen molar-refractivity contribution in [3.8, 4) is 0 Å². The third-order valence-corrected chi connectivity index (χ3v) is 4.84. The Kier molecular flexibility index (Phi) is 7.59. The number of benzene rings is 2. The quantitative estimate of drug-likeness (QED) is 0.773. The number of carbonyl (C=O) groups is 2. The van der Waals surface area contributed by atoms with E-state index in [4.69, 9.17) is 0 Å². The lowest BCUT2D eigenvalue weighted by molar-refractivity contribution is -0.140. The molecule has 0 aliphatic heterocycles. The van der Waals surface area contributed by atoms with Crippen LogP contribution < -0.4 is 5.32 Å². The predicted molar refractivity (Wildman–Crippen MR) is 109 cm³/mol. The first kappa shape index (κ1) is 20.7. The van der Waals surface area contributed by atoms with Gasteiger partial charge in [0.15, 0.2) is 0 Å². The molecule has 4 nitrogen and oxygen atoms in total. The molecule has 0 aliphatic carbocycles. The summed E-state index contributed by atoms with van der Waals surface area (Å²) in [5, 5.41) is 2.90. The topological polar surface area (TPSA) is 49.4 Å². The molecule has 0 unspecified atom stereocenters. The van der Waals surface area contributed by atoms with Crippen LogP contribution >= 0.6 is 0 Å². The monoisotopic (exact) mass is 366 g/mol. The maximum Gasteiger partial charge on any atom is 0.242 e. The maximum atomic E-state index is 13.1. The lowest BCUT2D eigenvalue weighted by atomic mass is 10.0. The van der Waals surface area contributed by atoms with Gasteiger partial charge in [0.1, 0.15) is 6.04 Å². The first-order valence-electron chi connectivity index (χ1n) is 9.59. The molecule has 2 aromatic carbocycles. The third kappa shape index (κ3) is 5.95. The summed E-state index contributed by atoms with van der Waals surface area (Å²) in [6, 6.07) is 15.4. The number of amides is 2. The van der Waals surface area contributed by atoms with Gasteiger partial charge in [-0.2, -0.15) is 0 Å². The Labute approximate surface area is 162 Å². The van der Waals surface area contributed by atoms with E-state index in [0.29, 0.717) is 19.5 Å². The summed E-state index contributed by atoms with van der Waals surface area (Å²) in [7, 11) is 0. The van der Waals surface area contributed by atoms with Gasteiger partial charge in [-0.1, -0.05) is 55.5 Å².